The van der Waals surface area contributed by atoms with Crippen LogP contribution in [0.5, 0.6) is 0 Å². The van der Waals surface area contributed by atoms with Crippen LogP contribution in [-0.4, -0.2) is 17.7 Å². The van der Waals surface area contributed by atoms with E-state index in [4.69, 9.17) is 0 Å². The quantitative estimate of drug-likeness (QED) is 0.168. The van der Waals surface area contributed by atoms with Crippen LogP contribution in [0, 0.1) is 0 Å². The Balaban J connectivity index is 3.08. The topological polar surface area (TPSA) is 24.4 Å². The fourth-order valence-electron chi connectivity index (χ4n) is 3.18. The van der Waals surface area contributed by atoms with Crippen molar-refractivity contribution in [3.05, 3.63) is 58.7 Å². The summed E-state index contributed by atoms with van der Waals surface area (Å²) in [5.74, 6) is 0. The summed E-state index contributed by atoms with van der Waals surface area (Å²) in [4.78, 5) is 4.04. The molecule has 2 aromatic carbocycles. The van der Waals surface area contributed by atoms with Crippen molar-refractivity contribution in [1.82, 2.24) is 5.32 Å². The number of halogens is 12. The zero-order valence-corrected chi connectivity index (χ0v) is 21.0. The molecule has 0 saturated heterocycles. The molecule has 15 heteroatoms. The zero-order chi connectivity index (χ0) is 29.5. The molecule has 2 nitrogen and oxygen atoms in total. The van der Waals surface area contributed by atoms with Gasteiger partial charge in [0.1, 0.15) is 5.58 Å². The van der Waals surface area contributed by atoms with E-state index in [1.54, 1.807) is 0 Å². The summed E-state index contributed by atoms with van der Waals surface area (Å²) in [7, 11) is -2.90. The van der Waals surface area contributed by atoms with Crippen LogP contribution in [-0.2, 0) is 24.7 Å². The first-order chi connectivity index (χ1) is 16.9. The maximum absolute atomic E-state index is 13.6. The maximum atomic E-state index is 13.6. The molecular weight excluding hydrogens is 563 g/mol. The van der Waals surface area contributed by atoms with E-state index in [0.717, 1.165) is 0 Å². The Morgan fingerprint density at radius 2 is 0.895 bits per heavy atom. The highest BCUT2D eigenvalue weighted by molar-refractivity contribution is 7.88. The second-order valence-electron chi connectivity index (χ2n) is 9.04. The lowest BCUT2D eigenvalue weighted by Crippen LogP contribution is -2.42. The van der Waals surface area contributed by atoms with Gasteiger partial charge in [0.2, 0.25) is 0 Å². The van der Waals surface area contributed by atoms with E-state index < -0.39 is 71.0 Å². The van der Waals surface area contributed by atoms with Crippen LogP contribution < -0.4 is 15.9 Å². The summed E-state index contributed by atoms with van der Waals surface area (Å²) in [6.45, 7) is 5.86. The molecule has 212 valence electrons. The number of aliphatic imine (C=N–C) groups is 1. The molecular formula is C23H21F12N2P. The fraction of sp³-hybridized carbons (Fsp3) is 0.435. The molecule has 0 aliphatic rings. The molecule has 0 fully saturated rings. The van der Waals surface area contributed by atoms with Gasteiger partial charge in [0.25, 0.3) is 0 Å². The molecule has 0 aromatic heterocycles. The van der Waals surface area contributed by atoms with Crippen LogP contribution >= 0.6 is 7.92 Å². The number of hydrogen-bond donors (Lipinski definition) is 1. The number of nitrogens with one attached hydrogen (secondary N) is 1. The highest BCUT2D eigenvalue weighted by atomic mass is 31.1. The van der Waals surface area contributed by atoms with Crippen molar-refractivity contribution in [2.45, 2.75) is 57.9 Å². The highest BCUT2D eigenvalue weighted by Gasteiger charge is 2.41. The number of rotatable bonds is 4. The minimum Gasteiger partial charge on any atom is -0.365 e. The van der Waals surface area contributed by atoms with Gasteiger partial charge in [0.15, 0.2) is 0 Å². The van der Waals surface area contributed by atoms with Crippen LogP contribution in [0.25, 0.3) is 0 Å². The average molecular weight is 584 g/mol. The Hall–Kier alpha value is -2.50. The third-order valence-corrected chi connectivity index (χ3v) is 6.89. The van der Waals surface area contributed by atoms with Crippen LogP contribution in [0.4, 0.5) is 52.7 Å². The van der Waals surface area contributed by atoms with E-state index in [0.29, 0.717) is 0 Å². The Labute approximate surface area is 210 Å². The monoisotopic (exact) mass is 584 g/mol. The summed E-state index contributed by atoms with van der Waals surface area (Å²) >= 11 is 0. The molecule has 0 saturated carbocycles. The van der Waals surface area contributed by atoms with Crippen molar-refractivity contribution in [2.24, 2.45) is 4.99 Å². The summed E-state index contributed by atoms with van der Waals surface area (Å²) in [6.07, 6.45) is -21.2. The lowest BCUT2D eigenvalue weighted by molar-refractivity contribution is -0.144. The lowest BCUT2D eigenvalue weighted by atomic mass is 10.1. The third-order valence-electron chi connectivity index (χ3n) is 4.67. The normalized spacial score (nSPS) is 14.3. The lowest BCUT2D eigenvalue weighted by Gasteiger charge is -2.30. The van der Waals surface area contributed by atoms with Crippen LogP contribution in [0.1, 0.15) is 49.9 Å². The summed E-state index contributed by atoms with van der Waals surface area (Å²) in [6, 6.07) is 0.762. The van der Waals surface area contributed by atoms with E-state index in [2.05, 4.69) is 10.3 Å². The smallest absolute Gasteiger partial charge is 0.365 e. The molecule has 0 atom stereocenters. The Morgan fingerprint density at radius 1 is 0.605 bits per heavy atom. The van der Waals surface area contributed by atoms with E-state index >= 15 is 0 Å². The van der Waals surface area contributed by atoms with Gasteiger partial charge in [-0.1, -0.05) is 0 Å². The molecule has 0 unspecified atom stereocenters. The first kappa shape index (κ1) is 31.7. The van der Waals surface area contributed by atoms with Crippen LogP contribution in [0.15, 0.2) is 41.4 Å². The molecule has 0 bridgehead atoms. The first-order valence-electron chi connectivity index (χ1n) is 10.6. The predicted octanol–water partition coefficient (Wildman–Crippen LogP) is 7.96. The number of alkyl halides is 12. The van der Waals surface area contributed by atoms with Gasteiger partial charge in [-0.25, -0.2) is 0 Å². The van der Waals surface area contributed by atoms with Gasteiger partial charge < -0.3 is 5.32 Å². The predicted molar refractivity (Wildman–Crippen MR) is 120 cm³/mol. The standard InChI is InChI=1S/C23H21F12N2P/c1-5-36-18(37-19(2,3)4)38(16-8-12(20(24,25)26)6-13(9-16)21(27,28)29)17-10-14(22(30,31)32)7-15(11-17)23(33,34)35/h6-11H,5H2,1-4H3,(H,36,37). The first-order valence-corrected chi connectivity index (χ1v) is 12.0. The number of hydrogen-bond acceptors (Lipinski definition) is 1. The van der Waals surface area contributed by atoms with Gasteiger partial charge >= 0.3 is 24.7 Å². The maximum Gasteiger partial charge on any atom is 0.416 e. The van der Waals surface area contributed by atoms with E-state index in [1.165, 1.54) is 27.7 Å². The molecule has 38 heavy (non-hydrogen) atoms. The molecule has 1 N–H and O–H groups in total. The van der Waals surface area contributed by atoms with Crippen LogP contribution in [0.3, 0.4) is 0 Å². The minimum atomic E-state index is -5.30. The van der Waals surface area contributed by atoms with Crippen molar-refractivity contribution in [1.29, 1.82) is 0 Å². The second kappa shape index (κ2) is 10.6. The van der Waals surface area contributed by atoms with Gasteiger partial charge in [0.05, 0.1) is 22.3 Å². The molecule has 0 spiro atoms. The third kappa shape index (κ3) is 8.25. The van der Waals surface area contributed by atoms with Gasteiger partial charge in [-0.15, -0.1) is 0 Å². The van der Waals surface area contributed by atoms with Gasteiger partial charge in [-0.2, -0.15) is 52.7 Å². The van der Waals surface area contributed by atoms with Gasteiger partial charge in [-0.3, -0.25) is 4.99 Å². The largest absolute Gasteiger partial charge is 0.416 e. The zero-order valence-electron chi connectivity index (χ0n) is 20.1. The molecule has 0 aliphatic heterocycles. The van der Waals surface area contributed by atoms with Crippen molar-refractivity contribution in [3.63, 3.8) is 0 Å². The SMILES string of the molecule is CCN=C(NC(C)(C)C)P(c1cc(C(F)(F)F)cc(C(F)(F)F)c1)c1cc(C(F)(F)F)cc(C(F)(F)F)c1. The molecule has 2 aromatic rings. The fourth-order valence-corrected chi connectivity index (χ4v) is 5.77. The van der Waals surface area contributed by atoms with Crippen LogP contribution in [0.2, 0.25) is 0 Å². The molecule has 0 aliphatic carbocycles. The van der Waals surface area contributed by atoms with Crippen molar-refractivity contribution in [2.75, 3.05) is 6.54 Å². The summed E-state index contributed by atoms with van der Waals surface area (Å²) in [5, 5.41) is 1.15. The second-order valence-corrected chi connectivity index (χ2v) is 11.2. The van der Waals surface area contributed by atoms with Gasteiger partial charge in [-0.05, 0) is 74.7 Å². The average Bonchev–Trinajstić information content (AvgIpc) is 2.70. The number of nitrogens with zero attached hydrogens (tertiary/aromatic N) is 1. The van der Waals surface area contributed by atoms with Gasteiger partial charge in [0, 0.05) is 20.0 Å². The molecule has 2 rings (SSSR count). The van der Waals surface area contributed by atoms with Crippen molar-refractivity contribution in [3.8, 4) is 0 Å². The van der Waals surface area contributed by atoms with Crippen molar-refractivity contribution < 1.29 is 52.7 Å². The minimum absolute atomic E-state index is 0.132. The number of benzene rings is 2. The van der Waals surface area contributed by atoms with Crippen molar-refractivity contribution >= 4 is 24.1 Å². The summed E-state index contributed by atoms with van der Waals surface area (Å²) < 4.78 is 163. The molecule has 0 radical (unpaired) electrons. The highest BCUT2D eigenvalue weighted by Crippen LogP contribution is 2.44. The Morgan fingerprint density at radius 3 is 1.11 bits per heavy atom. The number of amidine groups is 1. The van der Waals surface area contributed by atoms with E-state index in [9.17, 15) is 52.7 Å². The molecule has 0 heterocycles. The van der Waals surface area contributed by atoms with E-state index in [1.807, 2.05) is 0 Å². The van der Waals surface area contributed by atoms with E-state index in [-0.39, 0.29) is 48.5 Å². The molecule has 0 amide bonds. The summed E-state index contributed by atoms with van der Waals surface area (Å²) in [5.41, 5.74) is -8.42. The Kier molecular flexibility index (Phi) is 8.83. The Bertz CT molecular complexity index is 1030.